The van der Waals surface area contributed by atoms with Gasteiger partial charge < -0.3 is 14.9 Å². The minimum Gasteiger partial charge on any atom is -0.392 e. The van der Waals surface area contributed by atoms with E-state index >= 15 is 0 Å². The quantitative estimate of drug-likeness (QED) is 0.443. The Labute approximate surface area is 47.2 Å². The lowest BCUT2D eigenvalue weighted by Crippen LogP contribution is -2.10. The maximum atomic E-state index is 8.74. The number of aliphatic hydroxyl groups excluding tert-OH is 2. The van der Waals surface area contributed by atoms with Gasteiger partial charge in [-0.15, -0.1) is 0 Å². The molecule has 0 saturated heterocycles. The van der Waals surface area contributed by atoms with Gasteiger partial charge in [0.25, 0.3) is 0 Å². The molecule has 3 heteroatoms. The fourth-order valence-corrected chi connectivity index (χ4v) is 0.597. The summed E-state index contributed by atoms with van der Waals surface area (Å²) in [5.74, 6) is 0. The van der Waals surface area contributed by atoms with Gasteiger partial charge in [-0.25, -0.2) is 0 Å². The van der Waals surface area contributed by atoms with E-state index in [0.29, 0.717) is 12.2 Å². The van der Waals surface area contributed by atoms with Crippen LogP contribution in [0.25, 0.3) is 0 Å². The molecule has 0 spiro atoms. The van der Waals surface area contributed by atoms with Crippen LogP contribution >= 0.6 is 0 Å². The van der Waals surface area contributed by atoms with Crippen LogP contribution in [0.3, 0.4) is 0 Å². The molecule has 0 aliphatic carbocycles. The minimum absolute atomic E-state index is 0.110. The number of ether oxygens (including phenoxy) is 1. The van der Waals surface area contributed by atoms with Crippen LogP contribution in [0.4, 0.5) is 0 Å². The highest BCUT2D eigenvalue weighted by Gasteiger charge is 2.14. The van der Waals surface area contributed by atoms with E-state index in [4.69, 9.17) is 10.2 Å². The Kier molecular flexibility index (Phi) is 1.62. The summed E-state index contributed by atoms with van der Waals surface area (Å²) in [7, 11) is 0. The third-order valence-electron chi connectivity index (χ3n) is 1.10. The summed E-state index contributed by atoms with van der Waals surface area (Å²) in [6, 6.07) is 0. The van der Waals surface area contributed by atoms with Gasteiger partial charge in [0, 0.05) is 5.57 Å². The van der Waals surface area contributed by atoms with Crippen LogP contribution in [0.2, 0.25) is 0 Å². The monoisotopic (exact) mass is 116 g/mol. The first-order chi connectivity index (χ1) is 3.84. The zero-order valence-electron chi connectivity index (χ0n) is 4.37. The summed E-state index contributed by atoms with van der Waals surface area (Å²) in [5.41, 5.74) is 0.560. The average Bonchev–Trinajstić information content (AvgIpc) is 2.14. The first-order valence-corrected chi connectivity index (χ1v) is 2.44. The zero-order chi connectivity index (χ0) is 5.98. The van der Waals surface area contributed by atoms with Crippen molar-refractivity contribution < 1.29 is 14.9 Å². The lowest BCUT2D eigenvalue weighted by molar-refractivity contribution is -0.0497. The van der Waals surface area contributed by atoms with Crippen molar-refractivity contribution in [1.82, 2.24) is 0 Å². The van der Waals surface area contributed by atoms with Crippen LogP contribution in [0.15, 0.2) is 11.6 Å². The van der Waals surface area contributed by atoms with Crippen molar-refractivity contribution in [2.24, 2.45) is 0 Å². The molecule has 0 radical (unpaired) electrons. The van der Waals surface area contributed by atoms with Crippen LogP contribution in [-0.2, 0) is 4.74 Å². The molecule has 0 saturated carbocycles. The summed E-state index contributed by atoms with van der Waals surface area (Å²) in [5, 5.41) is 17.2. The summed E-state index contributed by atoms with van der Waals surface area (Å²) in [4.78, 5) is 0. The lowest BCUT2D eigenvalue weighted by Gasteiger charge is -2.02. The molecule has 1 unspecified atom stereocenters. The van der Waals surface area contributed by atoms with E-state index in [9.17, 15) is 0 Å². The average molecular weight is 116 g/mol. The van der Waals surface area contributed by atoms with Crippen LogP contribution in [-0.4, -0.2) is 29.7 Å². The van der Waals surface area contributed by atoms with Crippen LogP contribution in [0.1, 0.15) is 0 Å². The standard InChI is InChI=1S/C5H8O3/c6-3-4-1-2-8-5(4)7/h1,5-7H,2-3H2. The van der Waals surface area contributed by atoms with Gasteiger partial charge in [-0.1, -0.05) is 6.08 Å². The summed E-state index contributed by atoms with van der Waals surface area (Å²) in [6.07, 6.45) is 0.810. The highest BCUT2D eigenvalue weighted by atomic mass is 16.6. The van der Waals surface area contributed by atoms with Gasteiger partial charge >= 0.3 is 0 Å². The Morgan fingerprint density at radius 2 is 2.62 bits per heavy atom. The summed E-state index contributed by atoms with van der Waals surface area (Å²) >= 11 is 0. The molecule has 8 heavy (non-hydrogen) atoms. The molecule has 2 N–H and O–H groups in total. The molecule has 1 rings (SSSR count). The second-order valence-corrected chi connectivity index (χ2v) is 1.62. The van der Waals surface area contributed by atoms with E-state index in [1.807, 2.05) is 0 Å². The highest BCUT2D eigenvalue weighted by Crippen LogP contribution is 2.09. The van der Waals surface area contributed by atoms with Crippen molar-refractivity contribution in [2.75, 3.05) is 13.2 Å². The predicted molar refractivity (Wildman–Crippen MR) is 27.1 cm³/mol. The van der Waals surface area contributed by atoms with Gasteiger partial charge in [-0.05, 0) is 0 Å². The number of hydrogen-bond acceptors (Lipinski definition) is 3. The van der Waals surface area contributed by atoms with Crippen molar-refractivity contribution in [3.8, 4) is 0 Å². The Balaban J connectivity index is 2.49. The fraction of sp³-hybridized carbons (Fsp3) is 0.600. The molecular formula is C5H8O3. The van der Waals surface area contributed by atoms with Gasteiger partial charge in [-0.3, -0.25) is 0 Å². The molecule has 0 aromatic rings. The molecule has 0 bridgehead atoms. The second kappa shape index (κ2) is 2.26. The zero-order valence-corrected chi connectivity index (χ0v) is 4.37. The van der Waals surface area contributed by atoms with Crippen molar-refractivity contribution in [3.63, 3.8) is 0 Å². The predicted octanol–water partition coefficient (Wildman–Crippen LogP) is -0.746. The Bertz CT molecular complexity index is 108. The van der Waals surface area contributed by atoms with Gasteiger partial charge in [0.2, 0.25) is 0 Å². The van der Waals surface area contributed by atoms with Crippen molar-refractivity contribution in [1.29, 1.82) is 0 Å². The van der Waals surface area contributed by atoms with Crippen molar-refractivity contribution >= 4 is 0 Å². The number of rotatable bonds is 1. The first kappa shape index (κ1) is 5.75. The van der Waals surface area contributed by atoms with Gasteiger partial charge in [0.05, 0.1) is 13.2 Å². The normalized spacial score (nSPS) is 28.2. The molecule has 1 atom stereocenters. The van der Waals surface area contributed by atoms with E-state index in [-0.39, 0.29) is 6.61 Å². The van der Waals surface area contributed by atoms with Crippen molar-refractivity contribution in [2.45, 2.75) is 6.29 Å². The maximum absolute atomic E-state index is 8.74. The third kappa shape index (κ3) is 0.888. The third-order valence-corrected chi connectivity index (χ3v) is 1.10. The molecule has 0 aromatic carbocycles. The summed E-state index contributed by atoms with van der Waals surface area (Å²) in [6.45, 7) is 0.304. The molecule has 3 nitrogen and oxygen atoms in total. The van der Waals surface area contributed by atoms with Crippen LogP contribution < -0.4 is 0 Å². The van der Waals surface area contributed by atoms with Gasteiger partial charge in [-0.2, -0.15) is 0 Å². The second-order valence-electron chi connectivity index (χ2n) is 1.62. The molecule has 46 valence electrons. The van der Waals surface area contributed by atoms with E-state index in [1.165, 1.54) is 0 Å². The van der Waals surface area contributed by atoms with E-state index in [0.717, 1.165) is 0 Å². The number of aliphatic hydroxyl groups is 2. The summed E-state index contributed by atoms with van der Waals surface area (Å²) < 4.78 is 4.66. The SMILES string of the molecule is OCC1=CCOC1O. The topological polar surface area (TPSA) is 49.7 Å². The van der Waals surface area contributed by atoms with Crippen LogP contribution in [0.5, 0.6) is 0 Å². The smallest absolute Gasteiger partial charge is 0.179 e. The molecule has 0 fully saturated rings. The van der Waals surface area contributed by atoms with E-state index in [1.54, 1.807) is 6.08 Å². The minimum atomic E-state index is -0.861. The molecule has 0 aromatic heterocycles. The number of hydrogen-bond donors (Lipinski definition) is 2. The van der Waals surface area contributed by atoms with Crippen molar-refractivity contribution in [3.05, 3.63) is 11.6 Å². The maximum Gasteiger partial charge on any atom is 0.179 e. The highest BCUT2D eigenvalue weighted by molar-refractivity contribution is 5.09. The molecule has 1 aliphatic heterocycles. The van der Waals surface area contributed by atoms with Gasteiger partial charge in [0.1, 0.15) is 0 Å². The van der Waals surface area contributed by atoms with E-state index < -0.39 is 6.29 Å². The fourth-order valence-electron chi connectivity index (χ4n) is 0.597. The molecular weight excluding hydrogens is 108 g/mol. The molecule has 0 amide bonds. The molecule has 1 heterocycles. The lowest BCUT2D eigenvalue weighted by atomic mass is 10.3. The Hall–Kier alpha value is -0.380. The van der Waals surface area contributed by atoms with Gasteiger partial charge in [0.15, 0.2) is 6.29 Å². The van der Waals surface area contributed by atoms with E-state index in [2.05, 4.69) is 4.74 Å². The molecule has 1 aliphatic rings. The largest absolute Gasteiger partial charge is 0.392 e. The van der Waals surface area contributed by atoms with Crippen LogP contribution in [0, 0.1) is 0 Å². The Morgan fingerprint density at radius 1 is 1.88 bits per heavy atom. The first-order valence-electron chi connectivity index (χ1n) is 2.44. The Morgan fingerprint density at radius 3 is 2.88 bits per heavy atom.